The lowest BCUT2D eigenvalue weighted by Gasteiger charge is -2.29. The Morgan fingerprint density at radius 3 is 2.57 bits per heavy atom. The van der Waals surface area contributed by atoms with Gasteiger partial charge in [-0.3, -0.25) is 0 Å². The monoisotopic (exact) mass is 510 g/mol. The van der Waals surface area contributed by atoms with Gasteiger partial charge in [-0.15, -0.1) is 0 Å². The van der Waals surface area contributed by atoms with E-state index in [-0.39, 0.29) is 5.75 Å². The average Bonchev–Trinajstić information content (AvgIpc) is 3.12. The summed E-state index contributed by atoms with van der Waals surface area (Å²) in [7, 11) is 1.74. The number of aryl methyl sites for hydroxylation is 2. The third-order valence-corrected chi connectivity index (χ3v) is 6.50. The number of nitrogens with zero attached hydrogens (tertiary/aromatic N) is 2. The summed E-state index contributed by atoms with van der Waals surface area (Å²) in [5.74, 6) is -2.58. The highest BCUT2D eigenvalue weighted by molar-refractivity contribution is 6.00. The Balaban J connectivity index is 2.14. The molecule has 2 aromatic heterocycles. The first-order valence-corrected chi connectivity index (χ1v) is 12.1. The van der Waals surface area contributed by atoms with Crippen molar-refractivity contribution in [3.8, 4) is 16.9 Å². The van der Waals surface area contributed by atoms with E-state index in [2.05, 4.69) is 0 Å². The van der Waals surface area contributed by atoms with Crippen LogP contribution in [0.4, 0.5) is 4.39 Å². The Bertz CT molecular complexity index is 1450. The fourth-order valence-electron chi connectivity index (χ4n) is 4.91. The molecule has 9 heteroatoms. The second kappa shape index (κ2) is 9.63. The molecule has 196 valence electrons. The zero-order chi connectivity index (χ0) is 27.2. The molecule has 4 rings (SSSR count). The molecule has 0 amide bonds. The third-order valence-electron chi connectivity index (χ3n) is 6.50. The quantitative estimate of drug-likeness (QED) is 0.430. The maximum Gasteiger partial charge on any atom is 0.337 e. The maximum absolute atomic E-state index is 15.4. The van der Waals surface area contributed by atoms with Gasteiger partial charge < -0.3 is 24.3 Å². The topological polar surface area (TPSA) is 111 Å². The van der Waals surface area contributed by atoms with Crippen molar-refractivity contribution in [3.63, 3.8) is 0 Å². The molecule has 0 unspecified atom stereocenters. The molecule has 37 heavy (non-hydrogen) atoms. The number of benzene rings is 1. The van der Waals surface area contributed by atoms with E-state index in [0.717, 1.165) is 23.6 Å². The number of aromatic nitrogens is 2. The minimum Gasteiger partial charge on any atom is -0.490 e. The van der Waals surface area contributed by atoms with Crippen LogP contribution >= 0.6 is 0 Å². The van der Waals surface area contributed by atoms with Crippen LogP contribution in [0.5, 0.6) is 5.75 Å². The van der Waals surface area contributed by atoms with E-state index in [9.17, 15) is 14.7 Å². The lowest BCUT2D eigenvalue weighted by Crippen LogP contribution is -2.28. The van der Waals surface area contributed by atoms with E-state index in [1.54, 1.807) is 45.4 Å². The first-order valence-electron chi connectivity index (χ1n) is 12.1. The molecular formula is C28H31FN2O6. The SMILES string of the molecule is Cc1nc2c(cc(/C=C/C(=O)O)n2C)c(-c2cc(F)c3c(c2C)CCCO3)c1[C@H](OC(C)(C)C)C(=O)O. The van der Waals surface area contributed by atoms with Gasteiger partial charge in [-0.2, -0.15) is 0 Å². The summed E-state index contributed by atoms with van der Waals surface area (Å²) in [5.41, 5.74) is 3.57. The number of pyridine rings is 1. The molecule has 0 saturated heterocycles. The van der Waals surface area contributed by atoms with Gasteiger partial charge in [0.15, 0.2) is 17.7 Å². The Labute approximate surface area is 214 Å². The van der Waals surface area contributed by atoms with Crippen molar-refractivity contribution in [1.82, 2.24) is 9.55 Å². The van der Waals surface area contributed by atoms with Crippen molar-refractivity contribution in [3.05, 3.63) is 52.1 Å². The second-order valence-corrected chi connectivity index (χ2v) is 10.3. The number of aliphatic carboxylic acids is 2. The average molecular weight is 511 g/mol. The minimum absolute atomic E-state index is 0.231. The van der Waals surface area contributed by atoms with E-state index >= 15 is 4.39 Å². The molecule has 0 aliphatic carbocycles. The van der Waals surface area contributed by atoms with Crippen LogP contribution in [-0.4, -0.2) is 43.9 Å². The molecule has 1 atom stereocenters. The normalized spacial score (nSPS) is 14.6. The van der Waals surface area contributed by atoms with Crippen LogP contribution in [-0.2, 0) is 27.8 Å². The van der Waals surface area contributed by atoms with Gasteiger partial charge in [0.1, 0.15) is 5.65 Å². The van der Waals surface area contributed by atoms with Crippen LogP contribution in [0.1, 0.15) is 61.4 Å². The second-order valence-electron chi connectivity index (χ2n) is 10.3. The maximum atomic E-state index is 15.4. The highest BCUT2D eigenvalue weighted by Gasteiger charge is 2.34. The van der Waals surface area contributed by atoms with Crippen LogP contribution in [0, 0.1) is 19.7 Å². The predicted octanol–water partition coefficient (Wildman–Crippen LogP) is 5.36. The zero-order valence-corrected chi connectivity index (χ0v) is 21.8. The fraction of sp³-hybridized carbons (Fsp3) is 0.393. The van der Waals surface area contributed by atoms with Gasteiger partial charge in [0.05, 0.1) is 12.2 Å². The zero-order valence-electron chi connectivity index (χ0n) is 21.8. The summed E-state index contributed by atoms with van der Waals surface area (Å²) in [6, 6.07) is 3.12. The number of carboxylic acids is 2. The Kier molecular flexibility index (Phi) is 6.85. The number of halogens is 1. The van der Waals surface area contributed by atoms with Gasteiger partial charge in [0.25, 0.3) is 0 Å². The Morgan fingerprint density at radius 2 is 1.95 bits per heavy atom. The summed E-state index contributed by atoms with van der Waals surface area (Å²) in [5, 5.41) is 20.0. The predicted molar refractivity (Wildman–Crippen MR) is 137 cm³/mol. The molecule has 0 spiro atoms. The minimum atomic E-state index is -1.38. The van der Waals surface area contributed by atoms with Crippen LogP contribution in [0.25, 0.3) is 28.2 Å². The third kappa shape index (κ3) is 4.96. The highest BCUT2D eigenvalue weighted by Crippen LogP contribution is 2.44. The Morgan fingerprint density at radius 1 is 1.24 bits per heavy atom. The van der Waals surface area contributed by atoms with Crippen molar-refractivity contribution in [2.75, 3.05) is 6.61 Å². The van der Waals surface area contributed by atoms with Gasteiger partial charge in [-0.1, -0.05) is 0 Å². The van der Waals surface area contributed by atoms with E-state index < -0.39 is 29.5 Å². The number of carbonyl (C=O) groups is 2. The molecule has 1 aliphatic rings. The summed E-state index contributed by atoms with van der Waals surface area (Å²) in [4.78, 5) is 28.4. The van der Waals surface area contributed by atoms with Gasteiger partial charge in [0.2, 0.25) is 0 Å². The van der Waals surface area contributed by atoms with Gasteiger partial charge in [-0.05, 0) is 76.8 Å². The lowest BCUT2D eigenvalue weighted by molar-refractivity contribution is -0.160. The van der Waals surface area contributed by atoms with Crippen molar-refractivity contribution in [2.24, 2.45) is 7.05 Å². The van der Waals surface area contributed by atoms with Crippen molar-refractivity contribution < 1.29 is 33.7 Å². The first kappa shape index (κ1) is 26.3. The number of hydrogen-bond acceptors (Lipinski definition) is 5. The number of carboxylic acid groups (broad SMARTS) is 2. The molecular weight excluding hydrogens is 479 g/mol. The molecule has 0 radical (unpaired) electrons. The molecule has 0 fully saturated rings. The van der Waals surface area contributed by atoms with E-state index in [4.69, 9.17) is 19.6 Å². The Hall–Kier alpha value is -3.72. The van der Waals surface area contributed by atoms with Gasteiger partial charge in [-0.25, -0.2) is 19.0 Å². The van der Waals surface area contributed by atoms with E-state index in [0.29, 0.717) is 52.1 Å². The molecule has 0 bridgehead atoms. The highest BCUT2D eigenvalue weighted by atomic mass is 19.1. The summed E-state index contributed by atoms with van der Waals surface area (Å²) >= 11 is 0. The lowest BCUT2D eigenvalue weighted by atomic mass is 9.86. The number of fused-ring (bicyclic) bond motifs is 2. The van der Waals surface area contributed by atoms with Crippen molar-refractivity contribution in [2.45, 2.75) is 59.2 Å². The number of rotatable bonds is 6. The van der Waals surface area contributed by atoms with Crippen LogP contribution in [0.2, 0.25) is 0 Å². The van der Waals surface area contributed by atoms with E-state index in [1.165, 1.54) is 12.1 Å². The van der Waals surface area contributed by atoms with E-state index in [1.807, 2.05) is 6.92 Å². The van der Waals surface area contributed by atoms with Crippen molar-refractivity contribution in [1.29, 1.82) is 0 Å². The number of ether oxygens (including phenoxy) is 2. The summed E-state index contributed by atoms with van der Waals surface area (Å²) in [6.07, 6.45) is 2.47. The first-order chi connectivity index (χ1) is 17.3. The molecule has 2 N–H and O–H groups in total. The summed E-state index contributed by atoms with van der Waals surface area (Å²) < 4.78 is 28.8. The number of hydrogen-bond donors (Lipinski definition) is 2. The fourth-order valence-corrected chi connectivity index (χ4v) is 4.91. The molecule has 3 heterocycles. The standard InChI is InChI=1S/C28H31FN2O6/c1-14-17-8-7-11-36-24(17)20(29)13-18(14)23-19-12-16(9-10-21(32)33)31(6)26(19)30-15(2)22(23)25(27(34)35)37-28(3,4)5/h9-10,12-13,25H,7-8,11H2,1-6H3,(H,32,33)(H,34,35)/b10-9+/t25-/m0/s1. The van der Waals surface area contributed by atoms with Crippen molar-refractivity contribution >= 4 is 29.0 Å². The van der Waals surface area contributed by atoms with Crippen LogP contribution in [0.3, 0.4) is 0 Å². The molecule has 1 aliphatic heterocycles. The molecule has 1 aromatic carbocycles. The van der Waals surface area contributed by atoms with Gasteiger partial charge >= 0.3 is 11.9 Å². The molecule has 3 aromatic rings. The molecule has 0 saturated carbocycles. The molecule has 8 nitrogen and oxygen atoms in total. The van der Waals surface area contributed by atoms with Gasteiger partial charge in [0, 0.05) is 46.6 Å². The smallest absolute Gasteiger partial charge is 0.337 e. The van der Waals surface area contributed by atoms with Crippen LogP contribution in [0.15, 0.2) is 18.2 Å². The van der Waals surface area contributed by atoms with Crippen LogP contribution < -0.4 is 4.74 Å². The largest absolute Gasteiger partial charge is 0.490 e. The summed E-state index contributed by atoms with van der Waals surface area (Å²) in [6.45, 7) is 9.31.